The van der Waals surface area contributed by atoms with Crippen molar-refractivity contribution in [2.75, 3.05) is 5.32 Å². The summed E-state index contributed by atoms with van der Waals surface area (Å²) in [6.45, 7) is 2.01. The van der Waals surface area contributed by atoms with Crippen molar-refractivity contribution in [3.63, 3.8) is 0 Å². The molecule has 1 saturated carbocycles. The highest BCUT2D eigenvalue weighted by Crippen LogP contribution is 2.29. The summed E-state index contributed by atoms with van der Waals surface area (Å²) < 4.78 is 0. The van der Waals surface area contributed by atoms with Crippen molar-refractivity contribution in [1.29, 1.82) is 0 Å². The summed E-state index contributed by atoms with van der Waals surface area (Å²) in [5.74, 6) is -0.708. The SMILES string of the molecule is Cc1ccc(NC(=O)C2CCCCC2)cc1-c1ccc(C(=O)O)cc1. The van der Waals surface area contributed by atoms with Crippen LogP contribution in [0.25, 0.3) is 11.1 Å². The Balaban J connectivity index is 1.80. The van der Waals surface area contributed by atoms with Gasteiger partial charge in [-0.1, -0.05) is 37.5 Å². The summed E-state index contributed by atoms with van der Waals surface area (Å²) >= 11 is 0. The molecule has 0 aromatic heterocycles. The molecular formula is C21H23NO3. The van der Waals surface area contributed by atoms with Crippen LogP contribution in [-0.4, -0.2) is 17.0 Å². The Bertz CT molecular complexity index is 774. The maximum absolute atomic E-state index is 12.4. The van der Waals surface area contributed by atoms with E-state index in [-0.39, 0.29) is 17.4 Å². The molecule has 4 nitrogen and oxygen atoms in total. The number of nitrogens with one attached hydrogen (secondary N) is 1. The van der Waals surface area contributed by atoms with Crippen LogP contribution in [0.5, 0.6) is 0 Å². The first-order valence-corrected chi connectivity index (χ1v) is 8.80. The quantitative estimate of drug-likeness (QED) is 0.835. The van der Waals surface area contributed by atoms with Crippen LogP contribution in [0, 0.1) is 12.8 Å². The minimum absolute atomic E-state index is 0.107. The Kier molecular flexibility index (Phi) is 5.17. The lowest BCUT2D eigenvalue weighted by molar-refractivity contribution is -0.120. The van der Waals surface area contributed by atoms with Crippen LogP contribution < -0.4 is 5.32 Å². The molecule has 25 heavy (non-hydrogen) atoms. The van der Waals surface area contributed by atoms with Crippen molar-refractivity contribution in [1.82, 2.24) is 0 Å². The van der Waals surface area contributed by atoms with Crippen LogP contribution in [0.1, 0.15) is 48.0 Å². The van der Waals surface area contributed by atoms with E-state index in [4.69, 9.17) is 5.11 Å². The first kappa shape index (κ1) is 17.2. The normalized spacial score (nSPS) is 14.9. The minimum Gasteiger partial charge on any atom is -0.478 e. The molecule has 0 atom stereocenters. The second-order valence-corrected chi connectivity index (χ2v) is 6.74. The van der Waals surface area contributed by atoms with Crippen LogP contribution in [0.3, 0.4) is 0 Å². The van der Waals surface area contributed by atoms with Gasteiger partial charge in [-0.25, -0.2) is 4.79 Å². The molecule has 0 aliphatic heterocycles. The molecule has 1 aliphatic carbocycles. The summed E-state index contributed by atoms with van der Waals surface area (Å²) in [5.41, 5.74) is 4.08. The van der Waals surface area contributed by atoms with Crippen molar-refractivity contribution in [3.8, 4) is 11.1 Å². The summed E-state index contributed by atoms with van der Waals surface area (Å²) in [4.78, 5) is 23.4. The fourth-order valence-corrected chi connectivity index (χ4v) is 3.41. The van der Waals surface area contributed by atoms with Crippen molar-refractivity contribution >= 4 is 17.6 Å². The van der Waals surface area contributed by atoms with Gasteiger partial charge in [-0.05, 0) is 60.7 Å². The molecule has 4 heteroatoms. The predicted octanol–water partition coefficient (Wildman–Crippen LogP) is 4.88. The van der Waals surface area contributed by atoms with Gasteiger partial charge in [0.1, 0.15) is 0 Å². The molecule has 0 unspecified atom stereocenters. The zero-order chi connectivity index (χ0) is 17.8. The average Bonchev–Trinajstić information content (AvgIpc) is 2.64. The number of aromatic carboxylic acids is 1. The summed E-state index contributed by atoms with van der Waals surface area (Å²) in [5, 5.41) is 12.1. The highest BCUT2D eigenvalue weighted by molar-refractivity contribution is 5.93. The third-order valence-corrected chi connectivity index (χ3v) is 4.92. The molecule has 0 radical (unpaired) electrons. The number of hydrogen-bond donors (Lipinski definition) is 2. The second-order valence-electron chi connectivity index (χ2n) is 6.74. The maximum Gasteiger partial charge on any atom is 0.335 e. The molecule has 1 aliphatic rings. The monoisotopic (exact) mass is 337 g/mol. The van der Waals surface area contributed by atoms with Crippen molar-refractivity contribution in [2.24, 2.45) is 5.92 Å². The smallest absolute Gasteiger partial charge is 0.335 e. The lowest BCUT2D eigenvalue weighted by Crippen LogP contribution is -2.24. The molecule has 130 valence electrons. The van der Waals surface area contributed by atoms with Gasteiger partial charge in [0.15, 0.2) is 0 Å². The number of carboxylic acid groups (broad SMARTS) is 1. The van der Waals surface area contributed by atoms with Gasteiger partial charge in [0.2, 0.25) is 5.91 Å². The Hall–Kier alpha value is -2.62. The van der Waals surface area contributed by atoms with Gasteiger partial charge >= 0.3 is 5.97 Å². The van der Waals surface area contributed by atoms with Crippen molar-refractivity contribution < 1.29 is 14.7 Å². The van der Waals surface area contributed by atoms with E-state index in [9.17, 15) is 9.59 Å². The number of rotatable bonds is 4. The van der Waals surface area contributed by atoms with E-state index in [1.807, 2.05) is 25.1 Å². The molecule has 2 aromatic carbocycles. The average molecular weight is 337 g/mol. The minimum atomic E-state index is -0.934. The molecule has 0 heterocycles. The lowest BCUT2D eigenvalue weighted by atomic mass is 9.88. The largest absolute Gasteiger partial charge is 0.478 e. The van der Waals surface area contributed by atoms with Crippen LogP contribution in [0.2, 0.25) is 0 Å². The van der Waals surface area contributed by atoms with Crippen molar-refractivity contribution in [3.05, 3.63) is 53.6 Å². The molecular weight excluding hydrogens is 314 g/mol. The Labute approximate surface area is 147 Å². The van der Waals surface area contributed by atoms with Crippen LogP contribution in [0.15, 0.2) is 42.5 Å². The highest BCUT2D eigenvalue weighted by atomic mass is 16.4. The predicted molar refractivity (Wildman–Crippen MR) is 98.8 cm³/mol. The Morgan fingerprint density at radius 3 is 2.32 bits per heavy atom. The number of anilines is 1. The first-order chi connectivity index (χ1) is 12.0. The highest BCUT2D eigenvalue weighted by Gasteiger charge is 2.21. The van der Waals surface area contributed by atoms with E-state index in [0.717, 1.165) is 48.1 Å². The molecule has 1 fully saturated rings. The van der Waals surface area contributed by atoms with E-state index in [1.165, 1.54) is 6.42 Å². The first-order valence-electron chi connectivity index (χ1n) is 8.80. The van der Waals surface area contributed by atoms with E-state index in [2.05, 4.69) is 5.32 Å². The van der Waals surface area contributed by atoms with Gasteiger partial charge in [0.05, 0.1) is 5.56 Å². The number of hydrogen-bond acceptors (Lipinski definition) is 2. The number of amides is 1. The van der Waals surface area contributed by atoms with Crippen LogP contribution >= 0.6 is 0 Å². The molecule has 1 amide bonds. The zero-order valence-electron chi connectivity index (χ0n) is 14.4. The fourth-order valence-electron chi connectivity index (χ4n) is 3.41. The second kappa shape index (κ2) is 7.51. The van der Waals surface area contributed by atoms with Gasteiger partial charge < -0.3 is 10.4 Å². The maximum atomic E-state index is 12.4. The number of carboxylic acids is 1. The zero-order valence-corrected chi connectivity index (χ0v) is 14.4. The van der Waals surface area contributed by atoms with Gasteiger partial charge in [-0.3, -0.25) is 4.79 Å². The topological polar surface area (TPSA) is 66.4 Å². The molecule has 0 bridgehead atoms. The van der Waals surface area contributed by atoms with Gasteiger partial charge in [0, 0.05) is 11.6 Å². The molecule has 2 aromatic rings. The number of carbonyl (C=O) groups excluding carboxylic acids is 1. The van der Waals surface area contributed by atoms with Crippen LogP contribution in [0.4, 0.5) is 5.69 Å². The van der Waals surface area contributed by atoms with Crippen LogP contribution in [-0.2, 0) is 4.79 Å². The van der Waals surface area contributed by atoms with E-state index in [0.29, 0.717) is 0 Å². The number of aryl methyl sites for hydroxylation is 1. The van der Waals surface area contributed by atoms with E-state index >= 15 is 0 Å². The Morgan fingerprint density at radius 2 is 1.68 bits per heavy atom. The fraction of sp³-hybridized carbons (Fsp3) is 0.333. The standard InChI is InChI=1S/C21H23NO3/c1-14-7-12-18(22-20(23)16-5-3-2-4-6-16)13-19(14)15-8-10-17(11-9-15)21(24)25/h7-13,16H,2-6H2,1H3,(H,22,23)(H,24,25). The summed E-state index contributed by atoms with van der Waals surface area (Å²) in [6, 6.07) is 12.7. The summed E-state index contributed by atoms with van der Waals surface area (Å²) in [7, 11) is 0. The van der Waals surface area contributed by atoms with E-state index < -0.39 is 5.97 Å². The van der Waals surface area contributed by atoms with Gasteiger partial charge in [0.25, 0.3) is 0 Å². The number of carbonyl (C=O) groups is 2. The van der Waals surface area contributed by atoms with Gasteiger partial charge in [-0.15, -0.1) is 0 Å². The molecule has 2 N–H and O–H groups in total. The lowest BCUT2D eigenvalue weighted by Gasteiger charge is -2.21. The Morgan fingerprint density at radius 1 is 1.00 bits per heavy atom. The molecule has 0 spiro atoms. The van der Waals surface area contributed by atoms with Crippen molar-refractivity contribution in [2.45, 2.75) is 39.0 Å². The van der Waals surface area contributed by atoms with Gasteiger partial charge in [-0.2, -0.15) is 0 Å². The molecule has 3 rings (SSSR count). The molecule has 0 saturated heterocycles. The third-order valence-electron chi connectivity index (χ3n) is 4.92. The summed E-state index contributed by atoms with van der Waals surface area (Å²) in [6.07, 6.45) is 5.44. The number of benzene rings is 2. The third kappa shape index (κ3) is 4.08. The van der Waals surface area contributed by atoms with E-state index in [1.54, 1.807) is 24.3 Å².